The van der Waals surface area contributed by atoms with Crippen molar-refractivity contribution in [3.63, 3.8) is 0 Å². The van der Waals surface area contributed by atoms with Crippen LogP contribution in [0.3, 0.4) is 0 Å². The van der Waals surface area contributed by atoms with Gasteiger partial charge in [0.25, 0.3) is 0 Å². The number of nitrogens with one attached hydrogen (secondary N) is 1. The third kappa shape index (κ3) is 4.01. The second-order valence-corrected chi connectivity index (χ2v) is 10.4. The second-order valence-electron chi connectivity index (χ2n) is 8.58. The van der Waals surface area contributed by atoms with Gasteiger partial charge in [-0.15, -0.1) is 0 Å². The highest BCUT2D eigenvalue weighted by molar-refractivity contribution is 7.93. The molecule has 0 saturated carbocycles. The number of hydrogen-bond donors (Lipinski definition) is 2. The molecular formula is C19H29NO3S. The minimum atomic E-state index is -3.38. The Kier molecular flexibility index (Phi) is 4.90. The van der Waals surface area contributed by atoms with E-state index in [9.17, 15) is 13.5 Å². The van der Waals surface area contributed by atoms with Gasteiger partial charge < -0.3 is 5.11 Å². The van der Waals surface area contributed by atoms with Gasteiger partial charge in [-0.05, 0) is 47.4 Å². The second kappa shape index (κ2) is 6.19. The molecule has 134 valence electrons. The number of hydrogen-bond acceptors (Lipinski definition) is 3. The quantitative estimate of drug-likeness (QED) is 0.802. The summed E-state index contributed by atoms with van der Waals surface area (Å²) in [5, 5.41) is 10.7. The fourth-order valence-electron chi connectivity index (χ4n) is 2.92. The molecule has 0 spiro atoms. The van der Waals surface area contributed by atoms with E-state index in [1.807, 2.05) is 53.7 Å². The standard InChI is InChI=1S/C19H29NO3S/c1-18(2,3)15-11-13(12-16(17(15)21)19(4,5)6)10-14-8-7-9-20-24(14,22)23/h10-12,20-21H,7-9H2,1-6H3/b14-10+. The van der Waals surface area contributed by atoms with Crippen LogP contribution in [0.5, 0.6) is 5.75 Å². The summed E-state index contributed by atoms with van der Waals surface area (Å²) in [7, 11) is -3.38. The van der Waals surface area contributed by atoms with Crippen molar-refractivity contribution >= 4 is 16.1 Å². The van der Waals surface area contributed by atoms with Crippen molar-refractivity contribution in [2.24, 2.45) is 0 Å². The lowest BCUT2D eigenvalue weighted by atomic mass is 9.78. The molecule has 1 aliphatic heterocycles. The van der Waals surface area contributed by atoms with E-state index in [0.29, 0.717) is 23.6 Å². The first-order valence-electron chi connectivity index (χ1n) is 8.40. The Morgan fingerprint density at radius 3 is 1.96 bits per heavy atom. The lowest BCUT2D eigenvalue weighted by Crippen LogP contribution is -2.30. The molecule has 4 nitrogen and oxygen atoms in total. The maximum atomic E-state index is 12.2. The fraction of sp³-hybridized carbons (Fsp3) is 0.579. The van der Waals surface area contributed by atoms with Crippen LogP contribution < -0.4 is 4.72 Å². The Labute approximate surface area is 146 Å². The lowest BCUT2D eigenvalue weighted by molar-refractivity contribution is 0.423. The number of allylic oxidation sites excluding steroid dienone is 1. The molecule has 2 rings (SSSR count). The number of phenolic OH excluding ortho intramolecular Hbond substituents is 1. The minimum absolute atomic E-state index is 0.234. The smallest absolute Gasteiger partial charge is 0.236 e. The Hall–Kier alpha value is -1.33. The molecule has 0 atom stereocenters. The molecule has 2 N–H and O–H groups in total. The van der Waals surface area contributed by atoms with Gasteiger partial charge in [0, 0.05) is 17.7 Å². The Morgan fingerprint density at radius 1 is 1.04 bits per heavy atom. The SMILES string of the molecule is CC(C)(C)c1cc(/C=C2\CCCNS2(=O)=O)cc(C(C)(C)C)c1O. The van der Waals surface area contributed by atoms with Gasteiger partial charge in [-0.2, -0.15) is 0 Å². The molecule has 0 unspecified atom stereocenters. The average molecular weight is 352 g/mol. The summed E-state index contributed by atoms with van der Waals surface area (Å²) < 4.78 is 27.0. The Morgan fingerprint density at radius 2 is 1.54 bits per heavy atom. The largest absolute Gasteiger partial charge is 0.507 e. The predicted octanol–water partition coefficient (Wildman–Crippen LogP) is 4.04. The van der Waals surface area contributed by atoms with Gasteiger partial charge in [0.15, 0.2) is 0 Å². The van der Waals surface area contributed by atoms with E-state index in [1.54, 1.807) is 6.08 Å². The molecule has 0 aliphatic carbocycles. The summed E-state index contributed by atoms with van der Waals surface area (Å²) >= 11 is 0. The normalized spacial score (nSPS) is 20.3. The lowest BCUT2D eigenvalue weighted by Gasteiger charge is -2.28. The van der Waals surface area contributed by atoms with Crippen molar-refractivity contribution in [3.8, 4) is 5.75 Å². The third-order valence-electron chi connectivity index (χ3n) is 4.31. The van der Waals surface area contributed by atoms with E-state index in [0.717, 1.165) is 23.1 Å². The van der Waals surface area contributed by atoms with Gasteiger partial charge in [0.1, 0.15) is 5.75 Å². The van der Waals surface area contributed by atoms with Gasteiger partial charge in [0.05, 0.1) is 4.91 Å². The first-order valence-corrected chi connectivity index (χ1v) is 9.89. The Bertz CT molecular complexity index is 728. The van der Waals surface area contributed by atoms with Crippen LogP contribution in [-0.4, -0.2) is 20.1 Å². The first-order chi connectivity index (χ1) is 10.8. The highest BCUT2D eigenvalue weighted by Crippen LogP contribution is 2.40. The van der Waals surface area contributed by atoms with Crippen LogP contribution in [0.4, 0.5) is 0 Å². The van der Waals surface area contributed by atoms with E-state index in [2.05, 4.69) is 4.72 Å². The van der Waals surface area contributed by atoms with Crippen LogP contribution in [0.2, 0.25) is 0 Å². The molecule has 1 heterocycles. The van der Waals surface area contributed by atoms with E-state index < -0.39 is 10.0 Å². The van der Waals surface area contributed by atoms with E-state index in [4.69, 9.17) is 0 Å². The average Bonchev–Trinajstić information content (AvgIpc) is 2.40. The maximum Gasteiger partial charge on any atom is 0.236 e. The zero-order valence-corrected chi connectivity index (χ0v) is 16.3. The number of phenols is 1. The molecule has 1 aliphatic rings. The highest BCUT2D eigenvalue weighted by atomic mass is 32.2. The fourth-order valence-corrected chi connectivity index (χ4v) is 4.22. The van der Waals surface area contributed by atoms with Crippen LogP contribution >= 0.6 is 0 Å². The molecule has 24 heavy (non-hydrogen) atoms. The van der Waals surface area contributed by atoms with Crippen molar-refractivity contribution in [2.75, 3.05) is 6.54 Å². The van der Waals surface area contributed by atoms with E-state index in [1.165, 1.54) is 0 Å². The summed E-state index contributed by atoms with van der Waals surface area (Å²) in [4.78, 5) is 0.416. The summed E-state index contributed by atoms with van der Waals surface area (Å²) in [5.41, 5.74) is 2.03. The number of aromatic hydroxyl groups is 1. The van der Waals surface area contributed by atoms with Gasteiger partial charge >= 0.3 is 0 Å². The summed E-state index contributed by atoms with van der Waals surface area (Å²) in [5.74, 6) is 0.307. The number of sulfonamides is 1. The Balaban J connectivity index is 2.67. The van der Waals surface area contributed by atoms with Crippen LogP contribution in [-0.2, 0) is 20.9 Å². The van der Waals surface area contributed by atoms with Crippen molar-refractivity contribution in [3.05, 3.63) is 33.7 Å². The maximum absolute atomic E-state index is 12.2. The molecule has 0 radical (unpaired) electrons. The van der Waals surface area contributed by atoms with Crippen molar-refractivity contribution in [2.45, 2.75) is 65.2 Å². The molecule has 1 aromatic rings. The van der Waals surface area contributed by atoms with Crippen LogP contribution in [0.25, 0.3) is 6.08 Å². The van der Waals surface area contributed by atoms with Crippen LogP contribution in [0, 0.1) is 0 Å². The van der Waals surface area contributed by atoms with Gasteiger partial charge in [-0.3, -0.25) is 0 Å². The van der Waals surface area contributed by atoms with Crippen molar-refractivity contribution in [1.29, 1.82) is 0 Å². The van der Waals surface area contributed by atoms with Gasteiger partial charge in [0.2, 0.25) is 10.0 Å². The molecule has 1 saturated heterocycles. The molecule has 0 bridgehead atoms. The molecule has 1 fully saturated rings. The summed E-state index contributed by atoms with van der Waals surface area (Å²) in [6.45, 7) is 12.8. The highest BCUT2D eigenvalue weighted by Gasteiger charge is 2.27. The van der Waals surface area contributed by atoms with Crippen molar-refractivity contribution in [1.82, 2.24) is 4.72 Å². The van der Waals surface area contributed by atoms with E-state index >= 15 is 0 Å². The minimum Gasteiger partial charge on any atom is -0.507 e. The molecule has 1 aromatic carbocycles. The molecule has 5 heteroatoms. The molecule has 0 aromatic heterocycles. The molecule has 0 amide bonds. The topological polar surface area (TPSA) is 66.4 Å². The van der Waals surface area contributed by atoms with Gasteiger partial charge in [-0.25, -0.2) is 13.1 Å². The predicted molar refractivity (Wildman–Crippen MR) is 99.6 cm³/mol. The summed E-state index contributed by atoms with van der Waals surface area (Å²) in [6, 6.07) is 3.81. The monoisotopic (exact) mass is 351 g/mol. The molecular weight excluding hydrogens is 322 g/mol. The summed E-state index contributed by atoms with van der Waals surface area (Å²) in [6.07, 6.45) is 3.10. The van der Waals surface area contributed by atoms with Crippen molar-refractivity contribution < 1.29 is 13.5 Å². The third-order valence-corrected chi connectivity index (χ3v) is 5.91. The number of rotatable bonds is 1. The zero-order valence-electron chi connectivity index (χ0n) is 15.5. The first kappa shape index (κ1) is 19.0. The van der Waals surface area contributed by atoms with Crippen LogP contribution in [0.1, 0.15) is 71.1 Å². The zero-order chi connectivity index (χ0) is 18.3. The van der Waals surface area contributed by atoms with E-state index in [-0.39, 0.29) is 10.8 Å². The number of benzene rings is 1. The van der Waals surface area contributed by atoms with Crippen LogP contribution in [0.15, 0.2) is 17.0 Å². The van der Waals surface area contributed by atoms with Gasteiger partial charge in [-0.1, -0.05) is 41.5 Å².